The summed E-state index contributed by atoms with van der Waals surface area (Å²) in [6.45, 7) is 3.71. The van der Waals surface area contributed by atoms with Gasteiger partial charge >= 0.3 is 0 Å². The van der Waals surface area contributed by atoms with Crippen molar-refractivity contribution in [2.75, 3.05) is 0 Å². The van der Waals surface area contributed by atoms with Crippen LogP contribution < -0.4 is 5.32 Å². The maximum Gasteiger partial charge on any atom is 0.254 e. The molecule has 0 aromatic heterocycles. The minimum atomic E-state index is -1.62. The Labute approximate surface area is 97.8 Å². The van der Waals surface area contributed by atoms with Gasteiger partial charge in [0.05, 0.1) is 5.56 Å². The molecule has 94 valence electrons. The zero-order valence-electron chi connectivity index (χ0n) is 9.69. The number of rotatable bonds is 4. The normalized spacial score (nSPS) is 12.3. The number of hydrogen-bond acceptors (Lipinski definition) is 1. The summed E-state index contributed by atoms with van der Waals surface area (Å²) in [4.78, 5) is 11.6. The number of amides is 1. The maximum absolute atomic E-state index is 13.3. The van der Waals surface area contributed by atoms with Crippen LogP contribution in [-0.2, 0) is 0 Å². The van der Waals surface area contributed by atoms with Crippen molar-refractivity contribution in [2.24, 2.45) is 0 Å². The fourth-order valence-electron chi connectivity index (χ4n) is 1.51. The third-order valence-corrected chi connectivity index (χ3v) is 2.38. The van der Waals surface area contributed by atoms with Crippen molar-refractivity contribution in [3.63, 3.8) is 0 Å². The first kappa shape index (κ1) is 13.5. The number of carbonyl (C=O) groups excluding carboxylic acids is 1. The van der Waals surface area contributed by atoms with Crippen LogP contribution in [0.3, 0.4) is 0 Å². The molecule has 1 amide bonds. The minimum absolute atomic E-state index is 0.139. The van der Waals surface area contributed by atoms with Crippen molar-refractivity contribution >= 4 is 5.91 Å². The molecular weight excluding hydrogens is 231 g/mol. The Hall–Kier alpha value is -1.52. The average molecular weight is 245 g/mol. The molecule has 1 rings (SSSR count). The Morgan fingerprint density at radius 2 is 1.94 bits per heavy atom. The fraction of sp³-hybridized carbons (Fsp3) is 0.417. The van der Waals surface area contributed by atoms with E-state index >= 15 is 0 Å². The smallest absolute Gasteiger partial charge is 0.254 e. The molecule has 2 nitrogen and oxygen atoms in total. The molecule has 1 aromatic carbocycles. The van der Waals surface area contributed by atoms with E-state index in [-0.39, 0.29) is 6.04 Å². The molecule has 5 heteroatoms. The first-order valence-corrected chi connectivity index (χ1v) is 5.41. The highest BCUT2D eigenvalue weighted by Crippen LogP contribution is 2.15. The third kappa shape index (κ3) is 3.22. The van der Waals surface area contributed by atoms with E-state index in [4.69, 9.17) is 0 Å². The molecule has 0 bridgehead atoms. The lowest BCUT2D eigenvalue weighted by atomic mass is 10.1. The van der Waals surface area contributed by atoms with Gasteiger partial charge in [-0.2, -0.15) is 0 Å². The van der Waals surface area contributed by atoms with Gasteiger partial charge in [0.15, 0.2) is 17.5 Å². The van der Waals surface area contributed by atoms with Crippen LogP contribution in [0, 0.1) is 17.5 Å². The molecule has 0 heterocycles. The van der Waals surface area contributed by atoms with Crippen molar-refractivity contribution in [1.82, 2.24) is 5.32 Å². The van der Waals surface area contributed by atoms with E-state index in [2.05, 4.69) is 5.32 Å². The van der Waals surface area contributed by atoms with Crippen molar-refractivity contribution in [3.8, 4) is 0 Å². The summed E-state index contributed by atoms with van der Waals surface area (Å²) in [7, 11) is 0. The molecule has 1 aromatic rings. The van der Waals surface area contributed by atoms with E-state index in [1.807, 2.05) is 6.92 Å². The van der Waals surface area contributed by atoms with Crippen LogP contribution >= 0.6 is 0 Å². The summed E-state index contributed by atoms with van der Waals surface area (Å²) < 4.78 is 38.8. The standard InChI is InChI=1S/C12H14F3NO/c1-3-4-7(2)16-12(17)8-5-6-9(13)11(15)10(8)14/h5-7H,3-4H2,1-2H3,(H,16,17)/t7-/m0/s1. The zero-order chi connectivity index (χ0) is 13.0. The van der Waals surface area contributed by atoms with Gasteiger partial charge in [-0.25, -0.2) is 13.2 Å². The molecule has 0 aliphatic heterocycles. The van der Waals surface area contributed by atoms with Gasteiger partial charge in [0, 0.05) is 6.04 Å². The Bertz CT molecular complexity index is 420. The van der Waals surface area contributed by atoms with E-state index in [0.29, 0.717) is 0 Å². The highest BCUT2D eigenvalue weighted by molar-refractivity contribution is 5.94. The number of hydrogen-bond donors (Lipinski definition) is 1. The van der Waals surface area contributed by atoms with E-state index in [1.165, 1.54) is 0 Å². The summed E-state index contributed by atoms with van der Waals surface area (Å²) in [5.41, 5.74) is -0.480. The van der Waals surface area contributed by atoms with E-state index < -0.39 is 28.9 Å². The zero-order valence-corrected chi connectivity index (χ0v) is 9.69. The molecule has 1 atom stereocenters. The summed E-state index contributed by atoms with van der Waals surface area (Å²) in [6, 6.07) is 1.53. The maximum atomic E-state index is 13.3. The largest absolute Gasteiger partial charge is 0.349 e. The predicted molar refractivity (Wildman–Crippen MR) is 58.2 cm³/mol. The molecule has 0 saturated carbocycles. The lowest BCUT2D eigenvalue weighted by Gasteiger charge is -2.13. The quantitative estimate of drug-likeness (QED) is 0.812. The van der Waals surface area contributed by atoms with Crippen molar-refractivity contribution in [3.05, 3.63) is 35.1 Å². The monoisotopic (exact) mass is 245 g/mol. The minimum Gasteiger partial charge on any atom is -0.349 e. The number of carbonyl (C=O) groups is 1. The average Bonchev–Trinajstić information content (AvgIpc) is 2.26. The summed E-state index contributed by atoms with van der Waals surface area (Å²) in [5.74, 6) is -5.12. The van der Waals surface area contributed by atoms with Crippen LogP contribution in [0.2, 0.25) is 0 Å². The molecule has 1 N–H and O–H groups in total. The Balaban J connectivity index is 2.86. The van der Waals surface area contributed by atoms with Crippen LogP contribution in [0.1, 0.15) is 37.0 Å². The predicted octanol–water partition coefficient (Wildman–Crippen LogP) is 3.02. The molecule has 0 aliphatic rings. The highest BCUT2D eigenvalue weighted by Gasteiger charge is 2.19. The van der Waals surface area contributed by atoms with Gasteiger partial charge in [0.2, 0.25) is 0 Å². The second-order valence-electron chi connectivity index (χ2n) is 3.89. The topological polar surface area (TPSA) is 29.1 Å². The lowest BCUT2D eigenvalue weighted by molar-refractivity contribution is 0.0933. The number of nitrogens with one attached hydrogen (secondary N) is 1. The van der Waals surface area contributed by atoms with Crippen LogP contribution in [0.4, 0.5) is 13.2 Å². The molecule has 0 saturated heterocycles. The Morgan fingerprint density at radius 1 is 1.29 bits per heavy atom. The molecule has 0 aliphatic carbocycles. The summed E-state index contributed by atoms with van der Waals surface area (Å²) in [6.07, 6.45) is 1.60. The lowest BCUT2D eigenvalue weighted by Crippen LogP contribution is -2.33. The summed E-state index contributed by atoms with van der Waals surface area (Å²) in [5, 5.41) is 2.52. The molecule has 0 unspecified atom stereocenters. The van der Waals surface area contributed by atoms with Crippen molar-refractivity contribution in [1.29, 1.82) is 0 Å². The number of benzene rings is 1. The van der Waals surface area contributed by atoms with Crippen molar-refractivity contribution < 1.29 is 18.0 Å². The van der Waals surface area contributed by atoms with E-state index in [9.17, 15) is 18.0 Å². The number of halogens is 3. The Morgan fingerprint density at radius 3 is 2.53 bits per heavy atom. The van der Waals surface area contributed by atoms with Crippen molar-refractivity contribution in [2.45, 2.75) is 32.7 Å². The van der Waals surface area contributed by atoms with Crippen LogP contribution in [0.25, 0.3) is 0 Å². The molecular formula is C12H14F3NO. The van der Waals surface area contributed by atoms with Crippen LogP contribution in [-0.4, -0.2) is 11.9 Å². The first-order chi connectivity index (χ1) is 7.97. The van der Waals surface area contributed by atoms with E-state index in [1.54, 1.807) is 6.92 Å². The van der Waals surface area contributed by atoms with Gasteiger partial charge in [-0.3, -0.25) is 4.79 Å². The highest BCUT2D eigenvalue weighted by atomic mass is 19.2. The van der Waals surface area contributed by atoms with E-state index in [0.717, 1.165) is 25.0 Å². The summed E-state index contributed by atoms with van der Waals surface area (Å²) >= 11 is 0. The third-order valence-electron chi connectivity index (χ3n) is 2.38. The van der Waals surface area contributed by atoms with Gasteiger partial charge in [-0.05, 0) is 25.5 Å². The Kier molecular flexibility index (Phi) is 4.54. The van der Waals surface area contributed by atoms with Gasteiger partial charge < -0.3 is 5.32 Å². The first-order valence-electron chi connectivity index (χ1n) is 5.41. The van der Waals surface area contributed by atoms with Gasteiger partial charge in [-0.1, -0.05) is 13.3 Å². The molecule has 17 heavy (non-hydrogen) atoms. The SMILES string of the molecule is CCC[C@H](C)NC(=O)c1ccc(F)c(F)c1F. The van der Waals surface area contributed by atoms with Gasteiger partial charge in [0.1, 0.15) is 0 Å². The van der Waals surface area contributed by atoms with Crippen LogP contribution in [0.15, 0.2) is 12.1 Å². The molecule has 0 fully saturated rings. The second-order valence-corrected chi connectivity index (χ2v) is 3.89. The van der Waals surface area contributed by atoms with Crippen LogP contribution in [0.5, 0.6) is 0 Å². The van der Waals surface area contributed by atoms with Gasteiger partial charge in [0.25, 0.3) is 5.91 Å². The second kappa shape index (κ2) is 5.70. The molecule has 0 spiro atoms. The van der Waals surface area contributed by atoms with Gasteiger partial charge in [-0.15, -0.1) is 0 Å². The fourth-order valence-corrected chi connectivity index (χ4v) is 1.51. The molecule has 0 radical (unpaired) electrons.